The SMILES string of the molecule is COC(=O)C1CCC(n2ccc(C)c(C(=O)O)c2=O)CC1. The highest BCUT2D eigenvalue weighted by Crippen LogP contribution is 2.32. The number of methoxy groups -OCH3 is 1. The van der Waals surface area contributed by atoms with Crippen molar-refractivity contribution in [3.8, 4) is 0 Å². The van der Waals surface area contributed by atoms with Crippen molar-refractivity contribution in [2.24, 2.45) is 5.92 Å². The van der Waals surface area contributed by atoms with Gasteiger partial charge in [-0.15, -0.1) is 0 Å². The molecule has 1 saturated carbocycles. The maximum Gasteiger partial charge on any atom is 0.341 e. The van der Waals surface area contributed by atoms with Crippen molar-refractivity contribution < 1.29 is 19.4 Å². The van der Waals surface area contributed by atoms with E-state index in [4.69, 9.17) is 9.84 Å². The van der Waals surface area contributed by atoms with Crippen LogP contribution in [0.5, 0.6) is 0 Å². The van der Waals surface area contributed by atoms with Crippen molar-refractivity contribution in [1.29, 1.82) is 0 Å². The second kappa shape index (κ2) is 6.11. The van der Waals surface area contributed by atoms with Crippen LogP contribution in [0.3, 0.4) is 0 Å². The van der Waals surface area contributed by atoms with Gasteiger partial charge in [0.1, 0.15) is 5.56 Å². The van der Waals surface area contributed by atoms with Gasteiger partial charge in [-0.25, -0.2) is 4.79 Å². The van der Waals surface area contributed by atoms with E-state index in [9.17, 15) is 14.4 Å². The van der Waals surface area contributed by atoms with E-state index in [1.165, 1.54) is 11.7 Å². The quantitative estimate of drug-likeness (QED) is 0.858. The number of carbonyl (C=O) groups is 2. The lowest BCUT2D eigenvalue weighted by Gasteiger charge is -2.28. The Kier molecular flexibility index (Phi) is 4.45. The fourth-order valence-corrected chi connectivity index (χ4v) is 2.94. The number of carbonyl (C=O) groups excluding carboxylic acids is 1. The number of aromatic carboxylic acids is 1. The molecule has 21 heavy (non-hydrogen) atoms. The molecule has 0 atom stereocenters. The third-order valence-corrected chi connectivity index (χ3v) is 4.17. The molecule has 0 unspecified atom stereocenters. The van der Waals surface area contributed by atoms with Crippen LogP contribution in [0.2, 0.25) is 0 Å². The number of rotatable bonds is 3. The van der Waals surface area contributed by atoms with E-state index in [-0.39, 0.29) is 23.5 Å². The predicted molar refractivity (Wildman–Crippen MR) is 75.4 cm³/mol. The molecule has 0 amide bonds. The highest BCUT2D eigenvalue weighted by atomic mass is 16.5. The van der Waals surface area contributed by atoms with E-state index in [1.54, 1.807) is 19.2 Å². The number of nitrogens with zero attached hydrogens (tertiary/aromatic N) is 1. The van der Waals surface area contributed by atoms with Crippen LogP contribution in [0.1, 0.15) is 47.6 Å². The molecule has 0 aliphatic heterocycles. The van der Waals surface area contributed by atoms with Crippen LogP contribution < -0.4 is 5.56 Å². The number of esters is 1. The van der Waals surface area contributed by atoms with Gasteiger partial charge in [0, 0.05) is 12.2 Å². The second-order valence-corrected chi connectivity index (χ2v) is 5.42. The molecule has 1 aromatic heterocycles. The Morgan fingerprint density at radius 3 is 2.43 bits per heavy atom. The van der Waals surface area contributed by atoms with Crippen molar-refractivity contribution in [2.75, 3.05) is 7.11 Å². The number of ether oxygens (including phenoxy) is 1. The van der Waals surface area contributed by atoms with Gasteiger partial charge in [0.2, 0.25) is 0 Å². The molecule has 1 aliphatic carbocycles. The Morgan fingerprint density at radius 2 is 1.90 bits per heavy atom. The molecule has 114 valence electrons. The maximum absolute atomic E-state index is 12.3. The van der Waals surface area contributed by atoms with Crippen LogP contribution in [0.25, 0.3) is 0 Å². The number of hydrogen-bond acceptors (Lipinski definition) is 4. The fourth-order valence-electron chi connectivity index (χ4n) is 2.94. The van der Waals surface area contributed by atoms with E-state index < -0.39 is 11.5 Å². The van der Waals surface area contributed by atoms with Gasteiger partial charge in [-0.2, -0.15) is 0 Å². The first-order valence-corrected chi connectivity index (χ1v) is 6.98. The number of aromatic nitrogens is 1. The lowest BCUT2D eigenvalue weighted by Crippen LogP contribution is -2.33. The minimum Gasteiger partial charge on any atom is -0.477 e. The molecule has 2 rings (SSSR count). The van der Waals surface area contributed by atoms with Gasteiger partial charge in [-0.05, 0) is 44.2 Å². The van der Waals surface area contributed by atoms with Crippen LogP contribution >= 0.6 is 0 Å². The molecule has 6 heteroatoms. The van der Waals surface area contributed by atoms with Gasteiger partial charge >= 0.3 is 11.9 Å². The molecule has 1 aromatic rings. The monoisotopic (exact) mass is 293 g/mol. The van der Waals surface area contributed by atoms with Crippen molar-refractivity contribution in [3.05, 3.63) is 33.7 Å². The Labute approximate surface area is 122 Å². The van der Waals surface area contributed by atoms with Crippen LogP contribution in [-0.2, 0) is 9.53 Å². The van der Waals surface area contributed by atoms with Gasteiger partial charge in [0.15, 0.2) is 0 Å². The summed E-state index contributed by atoms with van der Waals surface area (Å²) in [7, 11) is 1.37. The van der Waals surface area contributed by atoms with E-state index >= 15 is 0 Å². The summed E-state index contributed by atoms with van der Waals surface area (Å²) >= 11 is 0. The molecule has 1 fully saturated rings. The second-order valence-electron chi connectivity index (χ2n) is 5.42. The molecule has 0 saturated heterocycles. The van der Waals surface area contributed by atoms with Gasteiger partial charge in [0.25, 0.3) is 5.56 Å². The molecular weight excluding hydrogens is 274 g/mol. The first-order chi connectivity index (χ1) is 9.95. The van der Waals surface area contributed by atoms with Crippen molar-refractivity contribution in [3.63, 3.8) is 0 Å². The number of hydrogen-bond donors (Lipinski definition) is 1. The lowest BCUT2D eigenvalue weighted by atomic mass is 9.86. The first-order valence-electron chi connectivity index (χ1n) is 6.98. The van der Waals surface area contributed by atoms with Crippen molar-refractivity contribution >= 4 is 11.9 Å². The molecule has 0 bridgehead atoms. The summed E-state index contributed by atoms with van der Waals surface area (Å²) in [6.07, 6.45) is 4.29. The molecule has 0 radical (unpaired) electrons. The van der Waals surface area contributed by atoms with Gasteiger partial charge < -0.3 is 14.4 Å². The normalized spacial score (nSPS) is 21.8. The number of pyridine rings is 1. The average molecular weight is 293 g/mol. The highest BCUT2D eigenvalue weighted by molar-refractivity contribution is 5.88. The molecule has 6 nitrogen and oxygen atoms in total. The zero-order chi connectivity index (χ0) is 15.6. The molecule has 0 spiro atoms. The topological polar surface area (TPSA) is 85.6 Å². The standard InChI is InChI=1S/C15H19NO5/c1-9-7-8-16(13(17)12(9)14(18)19)11-5-3-10(4-6-11)15(20)21-2/h7-8,10-11H,3-6H2,1-2H3,(H,18,19). The molecule has 1 N–H and O–H groups in total. The molecular formula is C15H19NO5. The Morgan fingerprint density at radius 1 is 1.29 bits per heavy atom. The van der Waals surface area contributed by atoms with Crippen molar-refractivity contribution in [2.45, 2.75) is 38.6 Å². The maximum atomic E-state index is 12.3. The van der Waals surface area contributed by atoms with E-state index in [0.717, 1.165) is 0 Å². The van der Waals surface area contributed by atoms with E-state index in [0.29, 0.717) is 31.2 Å². The summed E-state index contributed by atoms with van der Waals surface area (Å²) in [6, 6.07) is 1.59. The predicted octanol–water partition coefficient (Wildman–Crippen LogP) is 1.76. The number of carboxylic acids is 1. The Balaban J connectivity index is 2.22. The molecule has 0 aromatic carbocycles. The third kappa shape index (κ3) is 2.99. The average Bonchev–Trinajstić information content (AvgIpc) is 2.46. The number of carboxylic acid groups (broad SMARTS) is 1. The summed E-state index contributed by atoms with van der Waals surface area (Å²) < 4.78 is 6.23. The van der Waals surface area contributed by atoms with E-state index in [2.05, 4.69) is 0 Å². The van der Waals surface area contributed by atoms with Crippen LogP contribution in [0.4, 0.5) is 0 Å². The zero-order valence-electron chi connectivity index (χ0n) is 12.2. The largest absolute Gasteiger partial charge is 0.477 e. The Bertz CT molecular complexity index is 611. The number of aryl methyl sites for hydroxylation is 1. The van der Waals surface area contributed by atoms with Gasteiger partial charge in [0.05, 0.1) is 13.0 Å². The summed E-state index contributed by atoms with van der Waals surface area (Å²) in [4.78, 5) is 35.0. The van der Waals surface area contributed by atoms with Gasteiger partial charge in [-0.3, -0.25) is 9.59 Å². The lowest BCUT2D eigenvalue weighted by molar-refractivity contribution is -0.146. The smallest absolute Gasteiger partial charge is 0.341 e. The van der Waals surface area contributed by atoms with Crippen LogP contribution in [-0.4, -0.2) is 28.7 Å². The highest BCUT2D eigenvalue weighted by Gasteiger charge is 2.29. The zero-order valence-corrected chi connectivity index (χ0v) is 12.2. The third-order valence-electron chi connectivity index (χ3n) is 4.17. The fraction of sp³-hybridized carbons (Fsp3) is 0.533. The van der Waals surface area contributed by atoms with Gasteiger partial charge in [-0.1, -0.05) is 0 Å². The van der Waals surface area contributed by atoms with E-state index in [1.807, 2.05) is 0 Å². The Hall–Kier alpha value is -2.11. The summed E-state index contributed by atoms with van der Waals surface area (Å²) in [5.41, 5.74) is -0.177. The summed E-state index contributed by atoms with van der Waals surface area (Å²) in [5.74, 6) is -1.53. The minimum absolute atomic E-state index is 0.0582. The summed E-state index contributed by atoms with van der Waals surface area (Å²) in [6.45, 7) is 1.61. The molecule has 1 heterocycles. The van der Waals surface area contributed by atoms with Crippen molar-refractivity contribution in [1.82, 2.24) is 4.57 Å². The van der Waals surface area contributed by atoms with Crippen LogP contribution in [0.15, 0.2) is 17.1 Å². The molecule has 1 aliphatic rings. The van der Waals surface area contributed by atoms with Crippen LogP contribution in [0, 0.1) is 12.8 Å². The summed E-state index contributed by atoms with van der Waals surface area (Å²) in [5, 5.41) is 9.14. The first kappa shape index (κ1) is 15.3. The minimum atomic E-state index is -1.20.